The van der Waals surface area contributed by atoms with Crippen molar-refractivity contribution in [3.8, 4) is 0 Å². The third-order valence-corrected chi connectivity index (χ3v) is 6.90. The molecule has 9 heteroatoms. The van der Waals surface area contributed by atoms with Crippen molar-refractivity contribution >= 4 is 21.6 Å². The number of piperidine rings is 1. The molecule has 1 fully saturated rings. The summed E-state index contributed by atoms with van der Waals surface area (Å²) < 4.78 is 27.1. The molecule has 148 valence electrons. The second-order valence-corrected chi connectivity index (χ2v) is 8.84. The molecule has 1 aliphatic rings. The first-order valence-electron chi connectivity index (χ1n) is 9.43. The van der Waals surface area contributed by atoms with Gasteiger partial charge in [-0.1, -0.05) is 13.8 Å². The van der Waals surface area contributed by atoms with Crippen LogP contribution in [0.4, 0.5) is 5.69 Å². The zero-order chi connectivity index (χ0) is 19.2. The molecule has 1 N–H and O–H groups in total. The van der Waals surface area contributed by atoms with Crippen molar-refractivity contribution in [3.63, 3.8) is 0 Å². The fraction of sp³-hybridized carbons (Fsp3) is 0.765. The number of anilines is 1. The van der Waals surface area contributed by atoms with E-state index in [2.05, 4.69) is 29.2 Å². The van der Waals surface area contributed by atoms with Gasteiger partial charge in [0.05, 0.1) is 24.2 Å². The van der Waals surface area contributed by atoms with E-state index in [1.54, 1.807) is 13.1 Å². The maximum atomic E-state index is 12.4. The monoisotopic (exact) mass is 385 g/mol. The van der Waals surface area contributed by atoms with Crippen molar-refractivity contribution in [2.75, 3.05) is 43.8 Å². The largest absolute Gasteiger partial charge is 0.323 e. The Labute approximate surface area is 156 Å². The maximum Gasteiger partial charge on any atom is 0.227 e. The third kappa shape index (κ3) is 5.52. The maximum absolute atomic E-state index is 12.4. The summed E-state index contributed by atoms with van der Waals surface area (Å²) in [5.41, 5.74) is 0.693. The molecule has 0 saturated carbocycles. The van der Waals surface area contributed by atoms with E-state index in [4.69, 9.17) is 0 Å². The van der Waals surface area contributed by atoms with Crippen molar-refractivity contribution in [1.82, 2.24) is 19.0 Å². The first-order chi connectivity index (χ1) is 12.4. The normalized spacial score (nSPS) is 16.9. The molecule has 0 radical (unpaired) electrons. The highest BCUT2D eigenvalue weighted by molar-refractivity contribution is 7.89. The highest BCUT2D eigenvalue weighted by Gasteiger charge is 2.30. The minimum absolute atomic E-state index is 0.0539. The summed E-state index contributed by atoms with van der Waals surface area (Å²) in [5.74, 6) is -0.101. The second-order valence-electron chi connectivity index (χ2n) is 6.58. The minimum Gasteiger partial charge on any atom is -0.323 e. The van der Waals surface area contributed by atoms with Crippen LogP contribution < -0.4 is 5.32 Å². The molecule has 1 saturated heterocycles. The van der Waals surface area contributed by atoms with Crippen molar-refractivity contribution in [1.29, 1.82) is 0 Å². The van der Waals surface area contributed by atoms with Gasteiger partial charge >= 0.3 is 0 Å². The van der Waals surface area contributed by atoms with Crippen LogP contribution in [0, 0.1) is 5.92 Å². The van der Waals surface area contributed by atoms with Gasteiger partial charge in [-0.3, -0.25) is 9.48 Å². The van der Waals surface area contributed by atoms with E-state index < -0.39 is 10.0 Å². The number of sulfonamides is 1. The van der Waals surface area contributed by atoms with Crippen LogP contribution in [-0.2, 0) is 21.4 Å². The highest BCUT2D eigenvalue weighted by atomic mass is 32.2. The number of hydrogen-bond acceptors (Lipinski definition) is 5. The molecule has 0 atom stereocenters. The summed E-state index contributed by atoms with van der Waals surface area (Å²) >= 11 is 0. The molecule has 2 rings (SSSR count). The van der Waals surface area contributed by atoms with Gasteiger partial charge in [0.15, 0.2) is 0 Å². The predicted octanol–water partition coefficient (Wildman–Crippen LogP) is 1.23. The number of nitrogens with zero attached hydrogens (tertiary/aromatic N) is 4. The number of carbonyl (C=O) groups is 1. The Hall–Kier alpha value is -1.45. The summed E-state index contributed by atoms with van der Waals surface area (Å²) in [6.45, 7) is 10.5. The Morgan fingerprint density at radius 2 is 1.92 bits per heavy atom. The summed E-state index contributed by atoms with van der Waals surface area (Å²) in [5, 5.41) is 7.21. The zero-order valence-corrected chi connectivity index (χ0v) is 16.8. The average Bonchev–Trinajstić information content (AvgIpc) is 3.10. The van der Waals surface area contributed by atoms with E-state index in [9.17, 15) is 13.2 Å². The van der Waals surface area contributed by atoms with E-state index in [1.165, 1.54) is 4.31 Å². The van der Waals surface area contributed by atoms with E-state index in [1.807, 2.05) is 10.9 Å². The molecule has 0 aliphatic carbocycles. The lowest BCUT2D eigenvalue weighted by Gasteiger charge is -2.30. The topological polar surface area (TPSA) is 87.5 Å². The number of aromatic nitrogens is 2. The molecule has 0 bridgehead atoms. The van der Waals surface area contributed by atoms with Crippen LogP contribution in [0.3, 0.4) is 0 Å². The molecule has 1 aliphatic heterocycles. The number of carbonyl (C=O) groups excluding carboxylic acids is 1. The molecule has 26 heavy (non-hydrogen) atoms. The van der Waals surface area contributed by atoms with E-state index in [-0.39, 0.29) is 17.6 Å². The van der Waals surface area contributed by atoms with Crippen molar-refractivity contribution in [2.24, 2.45) is 5.92 Å². The SMILES string of the molecule is CCN(CC)CCn1cc(NC(=O)C2CCN(S(=O)(=O)CC)CC2)cn1. The number of amides is 1. The zero-order valence-electron chi connectivity index (χ0n) is 16.0. The summed E-state index contributed by atoms with van der Waals surface area (Å²) in [6.07, 6.45) is 4.62. The Morgan fingerprint density at radius 1 is 1.27 bits per heavy atom. The van der Waals surface area contributed by atoms with Crippen LogP contribution in [0.5, 0.6) is 0 Å². The van der Waals surface area contributed by atoms with Crippen LogP contribution in [0.25, 0.3) is 0 Å². The molecule has 1 amide bonds. The molecule has 2 heterocycles. The average molecular weight is 386 g/mol. The molecule has 8 nitrogen and oxygen atoms in total. The van der Waals surface area contributed by atoms with Gasteiger partial charge < -0.3 is 10.2 Å². The van der Waals surface area contributed by atoms with Gasteiger partial charge in [0, 0.05) is 31.7 Å². The van der Waals surface area contributed by atoms with Gasteiger partial charge in [0.2, 0.25) is 15.9 Å². The molecule has 1 aromatic rings. The van der Waals surface area contributed by atoms with Crippen LogP contribution in [0.2, 0.25) is 0 Å². The molecule has 1 aromatic heterocycles. The van der Waals surface area contributed by atoms with Crippen LogP contribution in [0.1, 0.15) is 33.6 Å². The van der Waals surface area contributed by atoms with Crippen LogP contribution in [0.15, 0.2) is 12.4 Å². The summed E-state index contributed by atoms with van der Waals surface area (Å²) in [6, 6.07) is 0. The van der Waals surface area contributed by atoms with E-state index in [0.29, 0.717) is 31.6 Å². The van der Waals surface area contributed by atoms with Gasteiger partial charge in [-0.05, 0) is 32.9 Å². The number of nitrogens with one attached hydrogen (secondary N) is 1. The standard InChI is InChI=1S/C17H31N5O3S/c1-4-20(5-2)11-12-21-14-16(13-18-21)19-17(23)15-7-9-22(10-8-15)26(24,25)6-3/h13-15H,4-12H2,1-3H3,(H,19,23). The van der Waals surface area contributed by atoms with E-state index >= 15 is 0 Å². The second kappa shape index (κ2) is 9.48. The molecule has 0 unspecified atom stereocenters. The Morgan fingerprint density at radius 3 is 2.50 bits per heavy atom. The minimum atomic E-state index is -3.16. The third-order valence-electron chi connectivity index (χ3n) is 5.02. The summed E-state index contributed by atoms with van der Waals surface area (Å²) in [4.78, 5) is 14.8. The quantitative estimate of drug-likeness (QED) is 0.691. The molecule has 0 spiro atoms. The van der Waals surface area contributed by atoms with Crippen molar-refractivity contribution in [2.45, 2.75) is 40.2 Å². The van der Waals surface area contributed by atoms with Gasteiger partial charge in [-0.15, -0.1) is 0 Å². The van der Waals surface area contributed by atoms with Crippen LogP contribution in [-0.4, -0.2) is 71.8 Å². The fourth-order valence-corrected chi connectivity index (χ4v) is 4.29. The van der Waals surface area contributed by atoms with Gasteiger partial charge in [-0.2, -0.15) is 5.10 Å². The van der Waals surface area contributed by atoms with Crippen molar-refractivity contribution < 1.29 is 13.2 Å². The lowest BCUT2D eigenvalue weighted by molar-refractivity contribution is -0.120. The lowest BCUT2D eigenvalue weighted by Crippen LogP contribution is -2.42. The number of rotatable bonds is 9. The Balaban J connectivity index is 1.82. The lowest BCUT2D eigenvalue weighted by atomic mass is 9.97. The summed E-state index contributed by atoms with van der Waals surface area (Å²) in [7, 11) is -3.16. The first-order valence-corrected chi connectivity index (χ1v) is 11.0. The fourth-order valence-electron chi connectivity index (χ4n) is 3.16. The predicted molar refractivity (Wildman–Crippen MR) is 102 cm³/mol. The smallest absolute Gasteiger partial charge is 0.227 e. The molecular weight excluding hydrogens is 354 g/mol. The molecule has 0 aromatic carbocycles. The first kappa shape index (κ1) is 20.9. The highest BCUT2D eigenvalue weighted by Crippen LogP contribution is 2.21. The van der Waals surface area contributed by atoms with Crippen LogP contribution >= 0.6 is 0 Å². The van der Waals surface area contributed by atoms with Gasteiger partial charge in [0.25, 0.3) is 0 Å². The van der Waals surface area contributed by atoms with Crippen molar-refractivity contribution in [3.05, 3.63) is 12.4 Å². The van der Waals surface area contributed by atoms with Gasteiger partial charge in [0.1, 0.15) is 0 Å². The number of likely N-dealkylation sites (N-methyl/N-ethyl adjacent to an activating group) is 1. The Kier molecular flexibility index (Phi) is 7.60. The molecular formula is C17H31N5O3S. The number of hydrogen-bond donors (Lipinski definition) is 1. The van der Waals surface area contributed by atoms with Gasteiger partial charge in [-0.25, -0.2) is 12.7 Å². The Bertz CT molecular complexity index is 676. The van der Waals surface area contributed by atoms with E-state index in [0.717, 1.165) is 26.2 Å².